The fraction of sp³-hybridized carbons (Fsp3) is 0.136. The third-order valence-electron chi connectivity index (χ3n) is 5.06. The Morgan fingerprint density at radius 2 is 1.69 bits per heavy atom. The predicted octanol–water partition coefficient (Wildman–Crippen LogP) is 5.90. The number of hydrazone groups is 1. The van der Waals surface area contributed by atoms with Gasteiger partial charge in [-0.15, -0.1) is 0 Å². The van der Waals surface area contributed by atoms with Crippen LogP contribution in [0.3, 0.4) is 0 Å². The average Bonchev–Trinajstić information content (AvgIpc) is 3.23. The molecule has 0 spiro atoms. The highest BCUT2D eigenvalue weighted by molar-refractivity contribution is 7.89. The van der Waals surface area contributed by atoms with Gasteiger partial charge in [-0.2, -0.15) is 9.82 Å². The molecule has 2 N–H and O–H groups in total. The van der Waals surface area contributed by atoms with Gasteiger partial charge in [-0.1, -0.05) is 65.1 Å². The van der Waals surface area contributed by atoms with E-state index in [9.17, 15) is 12.8 Å². The maximum absolute atomic E-state index is 14.2. The van der Waals surface area contributed by atoms with E-state index in [2.05, 4.69) is 15.2 Å². The molecular weight excluding hydrogens is 496 g/mol. The highest BCUT2D eigenvalue weighted by Crippen LogP contribution is 2.33. The van der Waals surface area contributed by atoms with Crippen LogP contribution in [-0.4, -0.2) is 14.1 Å². The number of sulfonamides is 1. The van der Waals surface area contributed by atoms with Gasteiger partial charge in [0.25, 0.3) is 0 Å². The van der Waals surface area contributed by atoms with E-state index >= 15 is 0 Å². The molecule has 0 radical (unpaired) electrons. The van der Waals surface area contributed by atoms with Gasteiger partial charge in [0.15, 0.2) is 0 Å². The molecular formula is C22H17Cl3FN3O2S. The molecule has 4 rings (SSSR count). The molecule has 0 fully saturated rings. The smallest absolute Gasteiger partial charge is 0.244 e. The van der Waals surface area contributed by atoms with Crippen molar-refractivity contribution in [2.75, 3.05) is 0 Å². The van der Waals surface area contributed by atoms with Crippen LogP contribution in [-0.2, 0) is 10.0 Å². The second-order valence-electron chi connectivity index (χ2n) is 7.19. The molecule has 0 saturated heterocycles. The molecule has 0 bridgehead atoms. The molecule has 3 aromatic carbocycles. The normalized spacial score (nSPS) is 17.0. The minimum absolute atomic E-state index is 0.186. The molecule has 0 saturated carbocycles. The lowest BCUT2D eigenvalue weighted by atomic mass is 9.96. The SMILES string of the molecule is O=S(=O)(N[C@@H](C1=NNC(c2ccc(Cl)cc2)C1)c1ccc(Cl)cc1Cl)c1ccccc1F. The summed E-state index contributed by atoms with van der Waals surface area (Å²) in [6, 6.07) is 16.0. The number of nitrogens with one attached hydrogen (secondary N) is 2. The number of rotatable bonds is 6. The molecule has 0 amide bonds. The Morgan fingerprint density at radius 1 is 1.00 bits per heavy atom. The zero-order valence-corrected chi connectivity index (χ0v) is 19.5. The molecule has 0 aliphatic carbocycles. The third kappa shape index (κ3) is 4.92. The largest absolute Gasteiger partial charge is 0.302 e. The summed E-state index contributed by atoms with van der Waals surface area (Å²) in [5.41, 5.74) is 4.91. The number of halogens is 4. The quantitative estimate of drug-likeness (QED) is 0.432. The molecule has 32 heavy (non-hydrogen) atoms. The molecule has 2 atom stereocenters. The van der Waals surface area contributed by atoms with Crippen LogP contribution in [0.4, 0.5) is 4.39 Å². The predicted molar refractivity (Wildman–Crippen MR) is 125 cm³/mol. The van der Waals surface area contributed by atoms with E-state index in [1.54, 1.807) is 24.3 Å². The highest BCUT2D eigenvalue weighted by Gasteiger charge is 2.33. The Balaban J connectivity index is 1.69. The zero-order valence-electron chi connectivity index (χ0n) is 16.4. The third-order valence-corrected chi connectivity index (χ3v) is 7.33. The van der Waals surface area contributed by atoms with Gasteiger partial charge >= 0.3 is 0 Å². The fourth-order valence-electron chi connectivity index (χ4n) is 3.46. The van der Waals surface area contributed by atoms with Crippen molar-refractivity contribution in [1.82, 2.24) is 10.1 Å². The topological polar surface area (TPSA) is 70.6 Å². The van der Waals surface area contributed by atoms with Crippen molar-refractivity contribution in [3.8, 4) is 0 Å². The summed E-state index contributed by atoms with van der Waals surface area (Å²) in [5.74, 6) is -0.855. The second kappa shape index (κ2) is 9.37. The minimum Gasteiger partial charge on any atom is -0.302 e. The van der Waals surface area contributed by atoms with Gasteiger partial charge in [-0.25, -0.2) is 12.8 Å². The molecule has 5 nitrogen and oxygen atoms in total. The number of hydrogen-bond donors (Lipinski definition) is 2. The summed E-state index contributed by atoms with van der Waals surface area (Å²) < 4.78 is 42.9. The standard InChI is InChI=1S/C22H17Cl3FN3O2S/c23-14-7-5-13(6-8-14)19-12-20(28-27-19)22(16-10-9-15(24)11-17(16)25)29-32(30,31)21-4-2-1-3-18(21)26/h1-11,19,22,27,29H,12H2/t19?,22-/m1/s1. The Hall–Kier alpha value is -2.16. The van der Waals surface area contributed by atoms with Gasteiger partial charge in [0.1, 0.15) is 10.7 Å². The molecule has 1 unspecified atom stereocenters. The van der Waals surface area contributed by atoms with Gasteiger partial charge in [0.05, 0.1) is 17.8 Å². The first-order chi connectivity index (χ1) is 15.2. The monoisotopic (exact) mass is 511 g/mol. The molecule has 166 valence electrons. The van der Waals surface area contributed by atoms with Crippen LogP contribution in [0.1, 0.15) is 29.6 Å². The van der Waals surface area contributed by atoms with Crippen LogP contribution in [0.2, 0.25) is 15.1 Å². The van der Waals surface area contributed by atoms with Gasteiger partial charge in [0, 0.05) is 21.5 Å². The van der Waals surface area contributed by atoms with Crippen molar-refractivity contribution < 1.29 is 12.8 Å². The molecule has 3 aromatic rings. The summed E-state index contributed by atoms with van der Waals surface area (Å²) in [4.78, 5) is -0.462. The minimum atomic E-state index is -4.23. The van der Waals surface area contributed by atoms with Gasteiger partial charge < -0.3 is 5.43 Å². The number of hydrogen-bond acceptors (Lipinski definition) is 4. The van der Waals surface area contributed by atoms with E-state index < -0.39 is 26.8 Å². The maximum atomic E-state index is 14.2. The van der Waals surface area contributed by atoms with Crippen LogP contribution < -0.4 is 10.1 Å². The zero-order chi connectivity index (χ0) is 22.9. The summed E-state index contributed by atoms with van der Waals surface area (Å²) in [7, 11) is -4.23. The highest BCUT2D eigenvalue weighted by atomic mass is 35.5. The molecule has 0 aromatic heterocycles. The maximum Gasteiger partial charge on any atom is 0.244 e. The summed E-state index contributed by atoms with van der Waals surface area (Å²) in [6.07, 6.45) is 0.394. The van der Waals surface area contributed by atoms with E-state index in [0.29, 0.717) is 27.7 Å². The van der Waals surface area contributed by atoms with Gasteiger partial charge in [-0.05, 0) is 47.5 Å². The summed E-state index contributed by atoms with van der Waals surface area (Å²) in [5, 5.41) is 5.65. The van der Waals surface area contributed by atoms with Gasteiger partial charge in [-0.3, -0.25) is 0 Å². The Morgan fingerprint density at radius 3 is 2.38 bits per heavy atom. The summed E-state index contributed by atoms with van der Waals surface area (Å²) in [6.45, 7) is 0. The summed E-state index contributed by atoms with van der Waals surface area (Å²) >= 11 is 18.4. The number of benzene rings is 3. The second-order valence-corrected chi connectivity index (χ2v) is 10.2. The van der Waals surface area contributed by atoms with Crippen molar-refractivity contribution >= 4 is 50.5 Å². The lowest BCUT2D eigenvalue weighted by Crippen LogP contribution is -2.34. The fourth-order valence-corrected chi connectivity index (χ4v) is 5.39. The van der Waals surface area contributed by atoms with Crippen molar-refractivity contribution in [1.29, 1.82) is 0 Å². The van der Waals surface area contributed by atoms with Gasteiger partial charge in [0.2, 0.25) is 10.0 Å². The lowest BCUT2D eigenvalue weighted by molar-refractivity contribution is 0.553. The van der Waals surface area contributed by atoms with E-state index in [1.165, 1.54) is 24.3 Å². The van der Waals surface area contributed by atoms with Crippen LogP contribution in [0, 0.1) is 5.82 Å². The van der Waals surface area contributed by atoms with E-state index in [1.807, 2.05) is 12.1 Å². The van der Waals surface area contributed by atoms with E-state index in [0.717, 1.165) is 11.6 Å². The van der Waals surface area contributed by atoms with Crippen molar-refractivity contribution in [3.63, 3.8) is 0 Å². The van der Waals surface area contributed by atoms with Crippen molar-refractivity contribution in [2.45, 2.75) is 23.4 Å². The molecule has 1 aliphatic rings. The Bertz CT molecular complexity index is 1280. The lowest BCUT2D eigenvalue weighted by Gasteiger charge is -2.21. The van der Waals surface area contributed by atoms with Crippen LogP contribution in [0.15, 0.2) is 76.7 Å². The van der Waals surface area contributed by atoms with Crippen LogP contribution in [0.5, 0.6) is 0 Å². The molecule has 10 heteroatoms. The van der Waals surface area contributed by atoms with Crippen molar-refractivity contribution in [3.05, 3.63) is 98.7 Å². The first-order valence-electron chi connectivity index (χ1n) is 9.54. The van der Waals surface area contributed by atoms with Crippen LogP contribution >= 0.6 is 34.8 Å². The Kier molecular flexibility index (Phi) is 6.74. The average molecular weight is 513 g/mol. The van der Waals surface area contributed by atoms with Crippen molar-refractivity contribution in [2.24, 2.45) is 5.10 Å². The first-order valence-corrected chi connectivity index (χ1v) is 12.2. The van der Waals surface area contributed by atoms with Crippen LogP contribution in [0.25, 0.3) is 0 Å². The molecule has 1 heterocycles. The number of nitrogens with zero attached hydrogens (tertiary/aromatic N) is 1. The molecule has 1 aliphatic heterocycles. The Labute approximate surface area is 200 Å². The van der Waals surface area contributed by atoms with E-state index in [-0.39, 0.29) is 11.1 Å². The first kappa shape index (κ1) is 23.0. The van der Waals surface area contributed by atoms with E-state index in [4.69, 9.17) is 34.8 Å².